The molecular formula is C24H30N2O4S. The number of nitrogens with one attached hydrogen (secondary N) is 1. The van der Waals surface area contributed by atoms with E-state index in [0.29, 0.717) is 11.4 Å². The highest BCUT2D eigenvalue weighted by Gasteiger charge is 2.37. The number of fused-ring (bicyclic) bond motifs is 2. The van der Waals surface area contributed by atoms with Gasteiger partial charge in [0.15, 0.2) is 6.10 Å². The van der Waals surface area contributed by atoms with Gasteiger partial charge in [-0.1, -0.05) is 51.1 Å². The first-order valence-electron chi connectivity index (χ1n) is 10.7. The molecule has 0 radical (unpaired) electrons. The molecule has 0 spiro atoms. The van der Waals surface area contributed by atoms with Gasteiger partial charge in [0.1, 0.15) is 5.75 Å². The molecule has 0 aromatic heterocycles. The predicted octanol–water partition coefficient (Wildman–Crippen LogP) is 3.70. The quantitative estimate of drug-likeness (QED) is 0.786. The van der Waals surface area contributed by atoms with Crippen molar-refractivity contribution in [1.29, 1.82) is 0 Å². The summed E-state index contributed by atoms with van der Waals surface area (Å²) in [4.78, 5) is 13.1. The van der Waals surface area contributed by atoms with E-state index in [-0.39, 0.29) is 23.9 Å². The van der Waals surface area contributed by atoms with E-state index < -0.39 is 16.1 Å². The molecule has 1 aliphatic carbocycles. The fraction of sp³-hybridized carbons (Fsp3) is 0.458. The summed E-state index contributed by atoms with van der Waals surface area (Å²) >= 11 is 0. The third-order valence-corrected chi connectivity index (χ3v) is 7.22. The van der Waals surface area contributed by atoms with Crippen LogP contribution in [0.15, 0.2) is 42.5 Å². The molecule has 0 unspecified atom stereocenters. The highest BCUT2D eigenvalue weighted by atomic mass is 32.2. The van der Waals surface area contributed by atoms with Crippen molar-refractivity contribution in [2.75, 3.05) is 17.1 Å². The van der Waals surface area contributed by atoms with Gasteiger partial charge in [-0.05, 0) is 53.5 Å². The Morgan fingerprint density at radius 3 is 2.61 bits per heavy atom. The molecule has 0 fully saturated rings. The van der Waals surface area contributed by atoms with Crippen molar-refractivity contribution in [3.8, 4) is 5.75 Å². The predicted molar refractivity (Wildman–Crippen MR) is 122 cm³/mol. The van der Waals surface area contributed by atoms with Crippen molar-refractivity contribution in [2.24, 2.45) is 0 Å². The minimum atomic E-state index is -3.58. The van der Waals surface area contributed by atoms with Gasteiger partial charge < -0.3 is 10.1 Å². The Morgan fingerprint density at radius 2 is 1.90 bits per heavy atom. The summed E-state index contributed by atoms with van der Waals surface area (Å²) in [6.45, 7) is 6.17. The highest BCUT2D eigenvalue weighted by molar-refractivity contribution is 7.92. The summed E-state index contributed by atoms with van der Waals surface area (Å²) in [5, 5.41) is 3.10. The van der Waals surface area contributed by atoms with Crippen molar-refractivity contribution >= 4 is 21.6 Å². The van der Waals surface area contributed by atoms with E-state index in [1.165, 1.54) is 9.87 Å². The second kappa shape index (κ2) is 7.86. The third kappa shape index (κ3) is 4.42. The first kappa shape index (κ1) is 21.7. The molecule has 7 heteroatoms. The number of ether oxygens (including phenoxy) is 1. The number of benzene rings is 2. The lowest BCUT2D eigenvalue weighted by molar-refractivity contribution is -0.128. The van der Waals surface area contributed by atoms with Crippen LogP contribution in [-0.4, -0.2) is 33.2 Å². The molecule has 0 saturated heterocycles. The number of nitrogens with zero attached hydrogens (tertiary/aromatic N) is 1. The molecule has 0 bridgehead atoms. The van der Waals surface area contributed by atoms with Crippen LogP contribution in [0.4, 0.5) is 5.69 Å². The zero-order valence-electron chi connectivity index (χ0n) is 18.5. The fourth-order valence-electron chi connectivity index (χ4n) is 4.34. The van der Waals surface area contributed by atoms with E-state index in [4.69, 9.17) is 4.74 Å². The fourth-order valence-corrected chi connectivity index (χ4v) is 5.24. The van der Waals surface area contributed by atoms with E-state index in [2.05, 4.69) is 32.2 Å². The van der Waals surface area contributed by atoms with Crippen LogP contribution in [0, 0.1) is 0 Å². The molecule has 1 N–H and O–H groups in total. The maximum Gasteiger partial charge on any atom is 0.263 e. The summed E-state index contributed by atoms with van der Waals surface area (Å²) in [5.74, 6) is 0.120. The lowest BCUT2D eigenvalue weighted by Gasteiger charge is -2.36. The lowest BCUT2D eigenvalue weighted by Crippen LogP contribution is -2.51. The monoisotopic (exact) mass is 442 g/mol. The number of aryl methyl sites for hydroxylation is 1. The smallest absolute Gasteiger partial charge is 0.263 e. The van der Waals surface area contributed by atoms with Gasteiger partial charge in [-0.2, -0.15) is 0 Å². The molecular weight excluding hydrogens is 412 g/mol. The molecule has 2 aromatic rings. The van der Waals surface area contributed by atoms with Gasteiger partial charge in [-0.15, -0.1) is 0 Å². The minimum Gasteiger partial charge on any atom is -0.476 e. The molecule has 1 heterocycles. The van der Waals surface area contributed by atoms with E-state index in [0.717, 1.165) is 36.6 Å². The maximum atomic E-state index is 13.1. The van der Waals surface area contributed by atoms with Crippen molar-refractivity contribution in [2.45, 2.75) is 57.6 Å². The number of sulfonamides is 1. The summed E-state index contributed by atoms with van der Waals surface area (Å²) in [5.41, 5.74) is 3.74. The van der Waals surface area contributed by atoms with Crippen LogP contribution < -0.4 is 14.4 Å². The van der Waals surface area contributed by atoms with Crippen LogP contribution in [0.25, 0.3) is 0 Å². The van der Waals surface area contributed by atoms with Crippen LogP contribution >= 0.6 is 0 Å². The van der Waals surface area contributed by atoms with Gasteiger partial charge in [0.2, 0.25) is 10.0 Å². The van der Waals surface area contributed by atoms with E-state index >= 15 is 0 Å². The Balaban J connectivity index is 1.61. The van der Waals surface area contributed by atoms with Crippen LogP contribution in [0.1, 0.15) is 56.3 Å². The molecule has 31 heavy (non-hydrogen) atoms. The second-order valence-corrected chi connectivity index (χ2v) is 11.4. The maximum absolute atomic E-state index is 13.1. The minimum absolute atomic E-state index is 0.0420. The van der Waals surface area contributed by atoms with E-state index in [1.54, 1.807) is 6.07 Å². The largest absolute Gasteiger partial charge is 0.476 e. The van der Waals surface area contributed by atoms with E-state index in [1.807, 2.05) is 30.3 Å². The Kier molecular flexibility index (Phi) is 5.50. The average Bonchev–Trinajstić information content (AvgIpc) is 2.71. The zero-order chi connectivity index (χ0) is 22.4. The highest BCUT2D eigenvalue weighted by Crippen LogP contribution is 2.39. The Hall–Kier alpha value is -2.54. The first-order valence-corrected chi connectivity index (χ1v) is 12.6. The van der Waals surface area contributed by atoms with Gasteiger partial charge in [-0.3, -0.25) is 9.10 Å². The summed E-state index contributed by atoms with van der Waals surface area (Å²) in [6, 6.07) is 13.6. The number of anilines is 1. The van der Waals surface area contributed by atoms with Gasteiger partial charge in [0.05, 0.1) is 24.5 Å². The molecule has 1 amide bonds. The van der Waals surface area contributed by atoms with Crippen molar-refractivity contribution in [3.05, 3.63) is 59.2 Å². The normalized spacial score (nSPS) is 21.0. The summed E-state index contributed by atoms with van der Waals surface area (Å²) in [6.07, 6.45) is 3.13. The molecule has 2 aliphatic rings. The zero-order valence-corrected chi connectivity index (χ0v) is 19.3. The molecule has 1 aliphatic heterocycles. The Labute approximate surface area is 184 Å². The number of amides is 1. The average molecular weight is 443 g/mol. The summed E-state index contributed by atoms with van der Waals surface area (Å²) in [7, 11) is -3.58. The Bertz CT molecular complexity index is 1100. The van der Waals surface area contributed by atoms with Crippen molar-refractivity contribution in [1.82, 2.24) is 5.32 Å². The van der Waals surface area contributed by atoms with Crippen LogP contribution in [0.5, 0.6) is 5.75 Å². The van der Waals surface area contributed by atoms with Crippen LogP contribution in [-0.2, 0) is 26.7 Å². The summed E-state index contributed by atoms with van der Waals surface area (Å²) < 4.78 is 32.4. The topological polar surface area (TPSA) is 75.7 Å². The number of carbonyl (C=O) groups is 1. The first-order chi connectivity index (χ1) is 14.5. The molecule has 4 rings (SSSR count). The van der Waals surface area contributed by atoms with Crippen molar-refractivity contribution < 1.29 is 17.9 Å². The lowest BCUT2D eigenvalue weighted by atomic mass is 9.86. The standard InChI is InChI=1S/C24H30N2O4S/c1-24(2,3)17-12-13-21-20(14-17)26(31(4,28)29)15-22(30-21)23(27)25-19-11-7-9-16-8-5-6-10-18(16)19/h5-6,8,10,12-14,19,22H,7,9,11,15H2,1-4H3,(H,25,27)/t19-,22+/m1/s1. The third-order valence-electron chi connectivity index (χ3n) is 6.07. The van der Waals surface area contributed by atoms with E-state index in [9.17, 15) is 13.2 Å². The Morgan fingerprint density at radius 1 is 1.16 bits per heavy atom. The van der Waals surface area contributed by atoms with Crippen LogP contribution in [0.2, 0.25) is 0 Å². The van der Waals surface area contributed by atoms with Gasteiger partial charge >= 0.3 is 0 Å². The SMILES string of the molecule is CC(C)(C)c1ccc2c(c1)N(S(C)(=O)=O)C[C@@H](C(=O)N[C@@H]1CCCc3ccccc31)O2. The molecule has 6 nitrogen and oxygen atoms in total. The molecule has 2 atom stereocenters. The molecule has 166 valence electrons. The number of rotatable bonds is 3. The number of carbonyl (C=O) groups excluding carboxylic acids is 1. The second-order valence-electron chi connectivity index (χ2n) is 9.49. The van der Waals surface area contributed by atoms with Crippen molar-refractivity contribution in [3.63, 3.8) is 0 Å². The van der Waals surface area contributed by atoms with Gasteiger partial charge in [0, 0.05) is 0 Å². The van der Waals surface area contributed by atoms with Gasteiger partial charge in [-0.25, -0.2) is 8.42 Å². The van der Waals surface area contributed by atoms with Crippen LogP contribution in [0.3, 0.4) is 0 Å². The molecule has 0 saturated carbocycles. The number of hydrogen-bond acceptors (Lipinski definition) is 4. The van der Waals surface area contributed by atoms with Gasteiger partial charge in [0.25, 0.3) is 5.91 Å². The molecule has 2 aromatic carbocycles. The number of hydrogen-bond donors (Lipinski definition) is 1.